The van der Waals surface area contributed by atoms with Gasteiger partial charge in [-0.15, -0.1) is 0 Å². The molecule has 1 heterocycles. The molecule has 0 atom stereocenters. The molecule has 0 saturated heterocycles. The minimum absolute atomic E-state index is 0.847. The predicted molar refractivity (Wildman–Crippen MR) is 253 cm³/mol. The van der Waals surface area contributed by atoms with Crippen molar-refractivity contribution in [2.75, 3.05) is 4.90 Å². The summed E-state index contributed by atoms with van der Waals surface area (Å²) in [5.74, 6) is 0. The number of benzene rings is 10. The molecule has 0 amide bonds. The molecule has 2 heteroatoms. The summed E-state index contributed by atoms with van der Waals surface area (Å²) in [5.41, 5.74) is 16.7. The summed E-state index contributed by atoms with van der Waals surface area (Å²) < 4.78 is 6.92. The summed E-state index contributed by atoms with van der Waals surface area (Å²) in [6.45, 7) is 0. The van der Waals surface area contributed by atoms with Crippen LogP contribution in [0, 0.1) is 0 Å². The number of para-hydroxylation sites is 1. The van der Waals surface area contributed by atoms with Gasteiger partial charge in [0.15, 0.2) is 0 Å². The lowest BCUT2D eigenvalue weighted by Gasteiger charge is -2.28. The molecule has 0 aliphatic heterocycles. The minimum Gasteiger partial charge on any atom is -0.455 e. The molecule has 0 N–H and O–H groups in total. The van der Waals surface area contributed by atoms with E-state index in [1.807, 2.05) is 0 Å². The zero-order valence-corrected chi connectivity index (χ0v) is 32.9. The van der Waals surface area contributed by atoms with Crippen molar-refractivity contribution in [2.45, 2.75) is 0 Å². The van der Waals surface area contributed by atoms with Crippen molar-refractivity contribution in [1.82, 2.24) is 0 Å². The number of anilines is 3. The topological polar surface area (TPSA) is 16.4 Å². The molecule has 10 aromatic carbocycles. The van der Waals surface area contributed by atoms with Gasteiger partial charge in [-0.2, -0.15) is 0 Å². The predicted octanol–water partition coefficient (Wildman–Crippen LogP) is 16.5. The van der Waals surface area contributed by atoms with Gasteiger partial charge >= 0.3 is 0 Å². The molecule has 282 valence electrons. The zero-order chi connectivity index (χ0) is 39.8. The van der Waals surface area contributed by atoms with Crippen LogP contribution in [0.3, 0.4) is 0 Å². The first-order valence-corrected chi connectivity index (χ1v) is 20.5. The molecule has 11 rings (SSSR count). The first-order valence-electron chi connectivity index (χ1n) is 20.5. The average molecular weight is 766 g/mol. The molecule has 11 aromatic rings. The van der Waals surface area contributed by atoms with Crippen molar-refractivity contribution in [3.63, 3.8) is 0 Å². The monoisotopic (exact) mass is 765 g/mol. The van der Waals surface area contributed by atoms with Crippen molar-refractivity contribution in [2.24, 2.45) is 0 Å². The van der Waals surface area contributed by atoms with E-state index in [0.717, 1.165) is 66.5 Å². The van der Waals surface area contributed by atoms with Gasteiger partial charge in [0.1, 0.15) is 11.2 Å². The summed E-state index contributed by atoms with van der Waals surface area (Å²) in [6, 6.07) is 84.7. The van der Waals surface area contributed by atoms with E-state index >= 15 is 0 Å². The summed E-state index contributed by atoms with van der Waals surface area (Å²) >= 11 is 0. The normalized spacial score (nSPS) is 11.3. The van der Waals surface area contributed by atoms with Gasteiger partial charge in [0.2, 0.25) is 0 Å². The van der Waals surface area contributed by atoms with Crippen LogP contribution in [0.2, 0.25) is 0 Å². The minimum atomic E-state index is 0.847. The van der Waals surface area contributed by atoms with Gasteiger partial charge in [0.25, 0.3) is 0 Å². The average Bonchev–Trinajstić information content (AvgIpc) is 3.72. The Bertz CT molecular complexity index is 3280. The smallest absolute Gasteiger partial charge is 0.143 e. The molecular weight excluding hydrogens is 727 g/mol. The number of hydrogen-bond acceptors (Lipinski definition) is 2. The van der Waals surface area contributed by atoms with E-state index < -0.39 is 0 Å². The fourth-order valence-corrected chi connectivity index (χ4v) is 8.78. The second-order valence-corrected chi connectivity index (χ2v) is 15.3. The standard InChI is InChI=1S/C58H39NO/c1-4-16-40(17-5-1)42-30-32-43(33-31-42)44-34-36-48(37-35-44)59(54-27-13-12-24-49(54)45-20-8-3-9-21-45)55-28-15-29-56-57(55)53-39-52(50-25-10-11-26-51(50)58(53)60-56)47-23-14-22-46(38-47)41-18-6-2-7-19-41/h1-39H. The van der Waals surface area contributed by atoms with Gasteiger partial charge in [-0.05, 0) is 97.9 Å². The van der Waals surface area contributed by atoms with Crippen molar-refractivity contribution >= 4 is 49.8 Å². The van der Waals surface area contributed by atoms with Crippen LogP contribution in [0.1, 0.15) is 0 Å². The third-order valence-corrected chi connectivity index (χ3v) is 11.7. The molecule has 0 aliphatic carbocycles. The Morgan fingerprint density at radius 3 is 1.45 bits per heavy atom. The van der Waals surface area contributed by atoms with Gasteiger partial charge < -0.3 is 9.32 Å². The van der Waals surface area contributed by atoms with Gasteiger partial charge in [0, 0.05) is 22.0 Å². The molecule has 0 spiro atoms. The van der Waals surface area contributed by atoms with E-state index in [4.69, 9.17) is 4.42 Å². The first-order chi connectivity index (χ1) is 29.8. The highest BCUT2D eigenvalue weighted by molar-refractivity contribution is 6.22. The van der Waals surface area contributed by atoms with Crippen LogP contribution in [0.25, 0.3) is 88.3 Å². The van der Waals surface area contributed by atoms with Crippen LogP contribution in [0.15, 0.2) is 241 Å². The molecular formula is C58H39NO. The van der Waals surface area contributed by atoms with Gasteiger partial charge in [-0.25, -0.2) is 0 Å². The Hall–Kier alpha value is -7.94. The highest BCUT2D eigenvalue weighted by atomic mass is 16.3. The van der Waals surface area contributed by atoms with E-state index in [-0.39, 0.29) is 0 Å². The highest BCUT2D eigenvalue weighted by Gasteiger charge is 2.24. The first kappa shape index (κ1) is 35.2. The lowest BCUT2D eigenvalue weighted by Crippen LogP contribution is -2.11. The Labute approximate surface area is 349 Å². The third-order valence-electron chi connectivity index (χ3n) is 11.7. The molecule has 0 fully saturated rings. The Morgan fingerprint density at radius 1 is 0.283 bits per heavy atom. The quantitative estimate of drug-likeness (QED) is 0.153. The van der Waals surface area contributed by atoms with Crippen LogP contribution < -0.4 is 4.90 Å². The number of nitrogens with zero attached hydrogens (tertiary/aromatic N) is 1. The zero-order valence-electron chi connectivity index (χ0n) is 32.9. The van der Waals surface area contributed by atoms with Crippen LogP contribution in [-0.4, -0.2) is 0 Å². The second-order valence-electron chi connectivity index (χ2n) is 15.3. The lowest BCUT2D eigenvalue weighted by atomic mass is 9.93. The third kappa shape index (κ3) is 6.32. The van der Waals surface area contributed by atoms with Crippen molar-refractivity contribution < 1.29 is 4.42 Å². The van der Waals surface area contributed by atoms with Crippen molar-refractivity contribution in [1.29, 1.82) is 0 Å². The Kier molecular flexibility index (Phi) is 8.87. The molecule has 0 radical (unpaired) electrons. The van der Waals surface area contributed by atoms with Gasteiger partial charge in [0.05, 0.1) is 16.8 Å². The van der Waals surface area contributed by atoms with E-state index in [2.05, 4.69) is 241 Å². The molecule has 0 unspecified atom stereocenters. The summed E-state index contributed by atoms with van der Waals surface area (Å²) in [7, 11) is 0. The number of furan rings is 1. The van der Waals surface area contributed by atoms with Crippen LogP contribution in [0.4, 0.5) is 17.1 Å². The fourth-order valence-electron chi connectivity index (χ4n) is 8.78. The van der Waals surface area contributed by atoms with E-state index in [1.165, 1.54) is 38.9 Å². The molecule has 60 heavy (non-hydrogen) atoms. The summed E-state index contributed by atoms with van der Waals surface area (Å²) in [4.78, 5) is 2.41. The molecule has 0 bridgehead atoms. The number of rotatable bonds is 8. The van der Waals surface area contributed by atoms with E-state index in [9.17, 15) is 0 Å². The largest absolute Gasteiger partial charge is 0.455 e. The summed E-state index contributed by atoms with van der Waals surface area (Å²) in [5, 5.41) is 4.41. The van der Waals surface area contributed by atoms with Crippen LogP contribution >= 0.6 is 0 Å². The maximum atomic E-state index is 6.92. The van der Waals surface area contributed by atoms with Crippen LogP contribution in [0.5, 0.6) is 0 Å². The van der Waals surface area contributed by atoms with Crippen molar-refractivity contribution in [3.05, 3.63) is 237 Å². The maximum Gasteiger partial charge on any atom is 0.143 e. The van der Waals surface area contributed by atoms with E-state index in [1.54, 1.807) is 0 Å². The SMILES string of the molecule is c1ccc(-c2ccc(-c3ccc(N(c4ccccc4-c4ccccc4)c4cccc5oc6c7ccccc7c(-c7cccc(-c8ccccc8)c7)cc6c45)cc3)cc2)cc1. The second kappa shape index (κ2) is 15.1. The van der Waals surface area contributed by atoms with Gasteiger partial charge in [-0.3, -0.25) is 0 Å². The molecule has 1 aromatic heterocycles. The molecule has 0 aliphatic rings. The summed E-state index contributed by atoms with van der Waals surface area (Å²) in [6.07, 6.45) is 0. The van der Waals surface area contributed by atoms with Gasteiger partial charge in [-0.1, -0.05) is 194 Å². The number of hydrogen-bond donors (Lipinski definition) is 0. The Morgan fingerprint density at radius 2 is 0.767 bits per heavy atom. The maximum absolute atomic E-state index is 6.92. The molecule has 0 saturated carbocycles. The fraction of sp³-hybridized carbons (Fsp3) is 0. The van der Waals surface area contributed by atoms with Crippen LogP contribution in [-0.2, 0) is 0 Å². The number of fused-ring (bicyclic) bond motifs is 5. The molecule has 2 nitrogen and oxygen atoms in total. The van der Waals surface area contributed by atoms with Crippen molar-refractivity contribution in [3.8, 4) is 55.6 Å². The van der Waals surface area contributed by atoms with E-state index in [0.29, 0.717) is 0 Å². The highest BCUT2D eigenvalue weighted by Crippen LogP contribution is 2.48. The lowest BCUT2D eigenvalue weighted by molar-refractivity contribution is 0.672. The Balaban J connectivity index is 1.11.